The Morgan fingerprint density at radius 3 is 2.53 bits per heavy atom. The first kappa shape index (κ1) is 16.4. The van der Waals surface area contributed by atoms with Crippen LogP contribution in [0.2, 0.25) is 0 Å². The summed E-state index contributed by atoms with van der Waals surface area (Å²) in [5.41, 5.74) is -0.542. The molecular weight excluding hydrogens is 216 g/mol. The Balaban J connectivity index is 4.23. The maximum Gasteiger partial charge on any atom is 0.325 e. The number of methoxy groups -OCH3 is 1. The van der Waals surface area contributed by atoms with Gasteiger partial charge in [-0.3, -0.25) is 4.79 Å². The van der Waals surface area contributed by atoms with Crippen LogP contribution in [0, 0.1) is 0 Å². The van der Waals surface area contributed by atoms with Gasteiger partial charge in [0.1, 0.15) is 5.54 Å². The Kier molecular flexibility index (Phi) is 8.17. The number of rotatable bonds is 9. The van der Waals surface area contributed by atoms with E-state index in [0.717, 1.165) is 38.9 Å². The molecule has 0 fully saturated rings. The molecule has 0 aromatic carbocycles. The van der Waals surface area contributed by atoms with Crippen molar-refractivity contribution in [2.24, 2.45) is 0 Å². The van der Waals surface area contributed by atoms with Gasteiger partial charge in [0.05, 0.1) is 7.11 Å². The highest BCUT2D eigenvalue weighted by molar-refractivity contribution is 5.80. The van der Waals surface area contributed by atoms with Crippen molar-refractivity contribution in [1.82, 2.24) is 10.2 Å². The quantitative estimate of drug-likeness (QED) is 0.626. The smallest absolute Gasteiger partial charge is 0.325 e. The Morgan fingerprint density at radius 1 is 1.41 bits per heavy atom. The lowest BCUT2D eigenvalue weighted by atomic mass is 9.95. The van der Waals surface area contributed by atoms with Crippen molar-refractivity contribution in [1.29, 1.82) is 0 Å². The predicted molar refractivity (Wildman–Crippen MR) is 71.1 cm³/mol. The topological polar surface area (TPSA) is 41.6 Å². The lowest BCUT2D eigenvalue weighted by Gasteiger charge is -2.28. The van der Waals surface area contributed by atoms with Gasteiger partial charge in [0, 0.05) is 0 Å². The highest BCUT2D eigenvalue weighted by Gasteiger charge is 2.32. The predicted octanol–water partition coefficient (Wildman–Crippen LogP) is 1.65. The van der Waals surface area contributed by atoms with Crippen molar-refractivity contribution in [3.05, 3.63) is 0 Å². The molecule has 0 heterocycles. The summed E-state index contributed by atoms with van der Waals surface area (Å²) >= 11 is 0. The number of hydrogen-bond donors (Lipinski definition) is 1. The molecule has 0 aromatic rings. The third-order valence-corrected chi connectivity index (χ3v) is 3.16. The van der Waals surface area contributed by atoms with Crippen LogP contribution < -0.4 is 5.32 Å². The third-order valence-electron chi connectivity index (χ3n) is 3.16. The average molecular weight is 244 g/mol. The zero-order valence-electron chi connectivity index (χ0n) is 12.0. The molecule has 0 bridgehead atoms. The summed E-state index contributed by atoms with van der Waals surface area (Å²) in [7, 11) is 3.54. The van der Waals surface area contributed by atoms with Crippen LogP contribution >= 0.6 is 0 Å². The van der Waals surface area contributed by atoms with Crippen molar-refractivity contribution in [2.45, 2.75) is 45.6 Å². The van der Waals surface area contributed by atoms with Crippen LogP contribution in [0.4, 0.5) is 0 Å². The third kappa shape index (κ3) is 6.03. The summed E-state index contributed by atoms with van der Waals surface area (Å²) in [5, 5.41) is 3.30. The van der Waals surface area contributed by atoms with Crippen LogP contribution in [-0.2, 0) is 9.53 Å². The number of nitrogens with one attached hydrogen (secondary N) is 1. The van der Waals surface area contributed by atoms with Crippen LogP contribution in [-0.4, -0.2) is 50.2 Å². The summed E-state index contributed by atoms with van der Waals surface area (Å²) in [6, 6.07) is 0. The first-order chi connectivity index (χ1) is 8.00. The Hall–Kier alpha value is -0.610. The molecule has 4 heteroatoms. The van der Waals surface area contributed by atoms with E-state index < -0.39 is 5.54 Å². The van der Waals surface area contributed by atoms with Gasteiger partial charge in [-0.2, -0.15) is 0 Å². The normalized spacial score (nSPS) is 14.7. The van der Waals surface area contributed by atoms with Crippen molar-refractivity contribution in [3.63, 3.8) is 0 Å². The first-order valence-electron chi connectivity index (χ1n) is 6.52. The molecule has 0 saturated carbocycles. The maximum atomic E-state index is 11.8. The van der Waals surface area contributed by atoms with E-state index in [9.17, 15) is 4.79 Å². The lowest BCUT2D eigenvalue weighted by molar-refractivity contribution is -0.148. The SMILES string of the molecule is CCCNC(C)(CCCN(C)CC)C(=O)OC. The molecule has 0 aliphatic carbocycles. The Labute approximate surface area is 106 Å². The molecule has 0 rings (SSSR count). The molecular formula is C13H28N2O2. The second-order valence-electron chi connectivity index (χ2n) is 4.75. The van der Waals surface area contributed by atoms with E-state index in [1.54, 1.807) is 0 Å². The van der Waals surface area contributed by atoms with Gasteiger partial charge in [0.2, 0.25) is 0 Å². The van der Waals surface area contributed by atoms with Crippen LogP contribution in [0.5, 0.6) is 0 Å². The zero-order valence-corrected chi connectivity index (χ0v) is 12.0. The molecule has 1 atom stereocenters. The van der Waals surface area contributed by atoms with Gasteiger partial charge in [-0.25, -0.2) is 0 Å². The molecule has 0 radical (unpaired) electrons. The van der Waals surface area contributed by atoms with Gasteiger partial charge in [-0.15, -0.1) is 0 Å². The van der Waals surface area contributed by atoms with E-state index in [4.69, 9.17) is 4.74 Å². The van der Waals surface area contributed by atoms with E-state index in [2.05, 4.69) is 31.1 Å². The first-order valence-corrected chi connectivity index (χ1v) is 6.52. The van der Waals surface area contributed by atoms with Crippen molar-refractivity contribution < 1.29 is 9.53 Å². The van der Waals surface area contributed by atoms with Gasteiger partial charge in [0.25, 0.3) is 0 Å². The number of carbonyl (C=O) groups is 1. The number of esters is 1. The molecule has 0 aromatic heterocycles. The molecule has 1 unspecified atom stereocenters. The van der Waals surface area contributed by atoms with Gasteiger partial charge in [0.15, 0.2) is 0 Å². The van der Waals surface area contributed by atoms with Crippen LogP contribution in [0.1, 0.15) is 40.0 Å². The van der Waals surface area contributed by atoms with Gasteiger partial charge < -0.3 is 15.0 Å². The zero-order chi connectivity index (χ0) is 13.3. The minimum Gasteiger partial charge on any atom is -0.468 e. The monoisotopic (exact) mass is 244 g/mol. The second-order valence-corrected chi connectivity index (χ2v) is 4.75. The van der Waals surface area contributed by atoms with Gasteiger partial charge in [-0.05, 0) is 52.9 Å². The van der Waals surface area contributed by atoms with E-state index in [0.29, 0.717) is 0 Å². The van der Waals surface area contributed by atoms with Gasteiger partial charge in [-0.1, -0.05) is 13.8 Å². The molecule has 102 valence electrons. The highest BCUT2D eigenvalue weighted by atomic mass is 16.5. The van der Waals surface area contributed by atoms with E-state index in [1.807, 2.05) is 6.92 Å². The fraction of sp³-hybridized carbons (Fsp3) is 0.923. The highest BCUT2D eigenvalue weighted by Crippen LogP contribution is 2.15. The molecule has 4 nitrogen and oxygen atoms in total. The molecule has 0 spiro atoms. The summed E-state index contributed by atoms with van der Waals surface area (Å²) in [4.78, 5) is 14.0. The van der Waals surface area contributed by atoms with E-state index >= 15 is 0 Å². The van der Waals surface area contributed by atoms with Gasteiger partial charge >= 0.3 is 5.97 Å². The van der Waals surface area contributed by atoms with Crippen molar-refractivity contribution >= 4 is 5.97 Å². The second kappa shape index (κ2) is 8.48. The summed E-state index contributed by atoms with van der Waals surface area (Å²) in [6.07, 6.45) is 2.82. The fourth-order valence-corrected chi connectivity index (χ4v) is 1.75. The fourth-order valence-electron chi connectivity index (χ4n) is 1.75. The summed E-state index contributed by atoms with van der Waals surface area (Å²) in [6.45, 7) is 9.05. The summed E-state index contributed by atoms with van der Waals surface area (Å²) in [5.74, 6) is -0.162. The molecule has 0 aliphatic heterocycles. The molecule has 0 saturated heterocycles. The van der Waals surface area contributed by atoms with Crippen LogP contribution in [0.3, 0.4) is 0 Å². The Bertz CT molecular complexity index is 221. The number of carbonyl (C=O) groups excluding carboxylic acids is 1. The van der Waals surface area contributed by atoms with Crippen molar-refractivity contribution in [3.8, 4) is 0 Å². The number of hydrogen-bond acceptors (Lipinski definition) is 4. The molecule has 0 amide bonds. The van der Waals surface area contributed by atoms with E-state index in [-0.39, 0.29) is 5.97 Å². The maximum absolute atomic E-state index is 11.8. The van der Waals surface area contributed by atoms with Crippen molar-refractivity contribution in [2.75, 3.05) is 33.8 Å². The van der Waals surface area contributed by atoms with E-state index in [1.165, 1.54) is 7.11 Å². The molecule has 17 heavy (non-hydrogen) atoms. The number of ether oxygens (including phenoxy) is 1. The molecule has 0 aliphatic rings. The lowest BCUT2D eigenvalue weighted by Crippen LogP contribution is -2.50. The van der Waals surface area contributed by atoms with Crippen LogP contribution in [0.25, 0.3) is 0 Å². The summed E-state index contributed by atoms with van der Waals surface area (Å²) < 4.78 is 4.88. The van der Waals surface area contributed by atoms with Crippen LogP contribution in [0.15, 0.2) is 0 Å². The standard InChI is InChI=1S/C13H28N2O2/c1-6-10-14-13(3,12(16)17-5)9-8-11-15(4)7-2/h14H,6-11H2,1-5H3. The number of nitrogens with zero attached hydrogens (tertiary/aromatic N) is 1. The minimum absolute atomic E-state index is 0.162. The Morgan fingerprint density at radius 2 is 2.06 bits per heavy atom. The minimum atomic E-state index is -0.542. The largest absolute Gasteiger partial charge is 0.468 e. The molecule has 1 N–H and O–H groups in total. The average Bonchev–Trinajstić information content (AvgIpc) is 2.34.